The summed E-state index contributed by atoms with van der Waals surface area (Å²) in [6.07, 6.45) is 0. The first-order valence-corrected chi connectivity index (χ1v) is 9.57. The van der Waals surface area contributed by atoms with Crippen LogP contribution in [0.2, 0.25) is 0 Å². The van der Waals surface area contributed by atoms with Gasteiger partial charge in [-0.05, 0) is 29.1 Å². The number of aliphatic hydroxyl groups is 1. The lowest BCUT2D eigenvalue weighted by molar-refractivity contribution is -0.130. The molecule has 142 valence electrons. The lowest BCUT2D eigenvalue weighted by Crippen LogP contribution is -2.32. The Morgan fingerprint density at radius 3 is 2.59 bits per heavy atom. The highest BCUT2D eigenvalue weighted by Gasteiger charge is 2.46. The van der Waals surface area contributed by atoms with E-state index in [1.54, 1.807) is 32.8 Å². The molecule has 2 heterocycles. The van der Waals surface area contributed by atoms with Crippen molar-refractivity contribution in [1.82, 2.24) is 4.90 Å². The number of Topliss-reactive ketones (excluding diaryl/α,β-unsaturated/α-hetero) is 1. The van der Waals surface area contributed by atoms with Crippen LogP contribution in [0.15, 0.2) is 53.1 Å². The average molecular weight is 385 g/mol. The Bertz CT molecular complexity index is 893. The predicted octanol–water partition coefficient (Wildman–Crippen LogP) is 4.27. The van der Waals surface area contributed by atoms with E-state index in [1.807, 2.05) is 41.8 Å². The average Bonchev–Trinajstić information content (AvgIpc) is 3.23. The van der Waals surface area contributed by atoms with Crippen LogP contribution in [0.4, 0.5) is 0 Å². The Morgan fingerprint density at radius 1 is 1.26 bits per heavy atom. The van der Waals surface area contributed by atoms with E-state index in [2.05, 4.69) is 0 Å². The van der Waals surface area contributed by atoms with Crippen LogP contribution in [0.3, 0.4) is 0 Å². The second-order valence-corrected chi connectivity index (χ2v) is 8.52. The van der Waals surface area contributed by atoms with Gasteiger partial charge in [0.25, 0.3) is 5.91 Å². The standard InChI is InChI=1S/C21H23NO4S/c1-21(2,3)19(24)16-17(15-9-6-10-27-15)22(20(25)18(16)23)12-13-7-5-8-14(11-13)26-4/h5-11,17,23H,12H2,1-4H3. The summed E-state index contributed by atoms with van der Waals surface area (Å²) in [6.45, 7) is 5.63. The maximum absolute atomic E-state index is 13.0. The molecule has 1 atom stereocenters. The molecule has 0 spiro atoms. The van der Waals surface area contributed by atoms with E-state index in [1.165, 1.54) is 11.3 Å². The number of rotatable bonds is 5. The van der Waals surface area contributed by atoms with Gasteiger partial charge in [0.15, 0.2) is 11.5 Å². The van der Waals surface area contributed by atoms with Crippen molar-refractivity contribution in [2.24, 2.45) is 5.41 Å². The zero-order chi connectivity index (χ0) is 19.8. The third-order valence-corrected chi connectivity index (χ3v) is 5.45. The summed E-state index contributed by atoms with van der Waals surface area (Å²) in [5.74, 6) is -0.505. The van der Waals surface area contributed by atoms with Crippen LogP contribution >= 0.6 is 11.3 Å². The van der Waals surface area contributed by atoms with Gasteiger partial charge in [0.05, 0.1) is 18.7 Å². The zero-order valence-electron chi connectivity index (χ0n) is 15.9. The fourth-order valence-electron chi connectivity index (χ4n) is 3.16. The smallest absolute Gasteiger partial charge is 0.290 e. The molecular weight excluding hydrogens is 362 g/mol. The molecular formula is C21H23NO4S. The molecule has 0 fully saturated rings. The predicted molar refractivity (Wildman–Crippen MR) is 105 cm³/mol. The van der Waals surface area contributed by atoms with Crippen molar-refractivity contribution in [1.29, 1.82) is 0 Å². The normalized spacial score (nSPS) is 17.6. The molecule has 5 nitrogen and oxygen atoms in total. The number of hydrogen-bond acceptors (Lipinski definition) is 5. The summed E-state index contributed by atoms with van der Waals surface area (Å²) in [4.78, 5) is 28.3. The van der Waals surface area contributed by atoms with Crippen LogP contribution in [-0.2, 0) is 16.1 Å². The minimum absolute atomic E-state index is 0.179. The van der Waals surface area contributed by atoms with Gasteiger partial charge in [0.2, 0.25) is 0 Å². The van der Waals surface area contributed by atoms with Crippen LogP contribution in [0, 0.1) is 5.41 Å². The summed E-state index contributed by atoms with van der Waals surface area (Å²) < 4.78 is 5.26. The van der Waals surface area contributed by atoms with E-state index < -0.39 is 23.1 Å². The highest BCUT2D eigenvalue weighted by Crippen LogP contribution is 2.43. The van der Waals surface area contributed by atoms with Crippen LogP contribution < -0.4 is 4.74 Å². The molecule has 1 aromatic carbocycles. The Balaban J connectivity index is 2.03. The lowest BCUT2D eigenvalue weighted by atomic mass is 9.83. The number of carbonyl (C=O) groups excluding carboxylic acids is 2. The van der Waals surface area contributed by atoms with E-state index >= 15 is 0 Å². The third kappa shape index (κ3) is 3.62. The second-order valence-electron chi connectivity index (χ2n) is 7.54. The number of hydrogen-bond donors (Lipinski definition) is 1. The van der Waals surface area contributed by atoms with Crippen molar-refractivity contribution in [3.05, 3.63) is 63.6 Å². The van der Waals surface area contributed by atoms with Crippen molar-refractivity contribution in [3.63, 3.8) is 0 Å². The summed E-state index contributed by atoms with van der Waals surface area (Å²) in [7, 11) is 1.59. The molecule has 2 aromatic rings. The molecule has 0 saturated heterocycles. The quantitative estimate of drug-likeness (QED) is 0.835. The molecule has 1 N–H and O–H groups in total. The van der Waals surface area contributed by atoms with Crippen molar-refractivity contribution < 1.29 is 19.4 Å². The largest absolute Gasteiger partial charge is 0.503 e. The summed E-state index contributed by atoms with van der Waals surface area (Å²) in [5.41, 5.74) is 0.338. The first kappa shape index (κ1) is 19.2. The monoisotopic (exact) mass is 385 g/mol. The Kier molecular flexibility index (Phi) is 5.11. The molecule has 0 radical (unpaired) electrons. The highest BCUT2D eigenvalue weighted by atomic mass is 32.1. The van der Waals surface area contributed by atoms with Crippen molar-refractivity contribution in [3.8, 4) is 5.75 Å². The van der Waals surface area contributed by atoms with Gasteiger partial charge in [-0.25, -0.2) is 0 Å². The molecule has 27 heavy (non-hydrogen) atoms. The summed E-state index contributed by atoms with van der Waals surface area (Å²) >= 11 is 1.46. The minimum Gasteiger partial charge on any atom is -0.503 e. The maximum Gasteiger partial charge on any atom is 0.290 e. The van der Waals surface area contributed by atoms with Gasteiger partial charge in [0, 0.05) is 16.8 Å². The van der Waals surface area contributed by atoms with Crippen molar-refractivity contribution in [2.75, 3.05) is 7.11 Å². The Hall–Kier alpha value is -2.60. The number of methoxy groups -OCH3 is 1. The number of amides is 1. The van der Waals surface area contributed by atoms with Gasteiger partial charge in [-0.3, -0.25) is 9.59 Å². The molecule has 1 aromatic heterocycles. The van der Waals surface area contributed by atoms with Gasteiger partial charge < -0.3 is 14.7 Å². The van der Waals surface area contributed by atoms with Gasteiger partial charge in [-0.15, -0.1) is 11.3 Å². The van der Waals surface area contributed by atoms with Crippen LogP contribution in [0.5, 0.6) is 5.75 Å². The number of aliphatic hydroxyl groups excluding tert-OH is 1. The van der Waals surface area contributed by atoms with Gasteiger partial charge in [-0.1, -0.05) is 39.0 Å². The maximum atomic E-state index is 13.0. The Morgan fingerprint density at radius 2 is 2.00 bits per heavy atom. The molecule has 0 bridgehead atoms. The fraction of sp³-hybridized carbons (Fsp3) is 0.333. The van der Waals surface area contributed by atoms with E-state index in [0.29, 0.717) is 5.75 Å². The fourth-order valence-corrected chi connectivity index (χ4v) is 4.01. The third-order valence-electron chi connectivity index (χ3n) is 4.53. The minimum atomic E-state index is -0.703. The topological polar surface area (TPSA) is 66.8 Å². The molecule has 0 saturated carbocycles. The van der Waals surface area contributed by atoms with E-state index in [4.69, 9.17) is 4.74 Å². The van der Waals surface area contributed by atoms with E-state index in [0.717, 1.165) is 10.4 Å². The van der Waals surface area contributed by atoms with Crippen molar-refractivity contribution >= 4 is 23.0 Å². The van der Waals surface area contributed by atoms with Crippen LogP contribution in [-0.4, -0.2) is 28.8 Å². The SMILES string of the molecule is COc1cccc(CN2C(=O)C(O)=C(C(=O)C(C)(C)C)C2c2cccs2)c1. The molecule has 1 aliphatic rings. The first-order valence-electron chi connectivity index (χ1n) is 8.69. The van der Waals surface area contributed by atoms with Crippen LogP contribution in [0.1, 0.15) is 37.3 Å². The molecule has 1 aliphatic heterocycles. The van der Waals surface area contributed by atoms with E-state index in [-0.39, 0.29) is 17.9 Å². The van der Waals surface area contributed by atoms with Gasteiger partial charge in [-0.2, -0.15) is 0 Å². The van der Waals surface area contributed by atoms with Crippen molar-refractivity contribution in [2.45, 2.75) is 33.4 Å². The molecule has 3 rings (SSSR count). The van der Waals surface area contributed by atoms with Gasteiger partial charge >= 0.3 is 0 Å². The number of ketones is 1. The summed E-state index contributed by atoms with van der Waals surface area (Å²) in [6, 6.07) is 10.6. The number of thiophene rings is 1. The summed E-state index contributed by atoms with van der Waals surface area (Å²) in [5, 5.41) is 12.5. The van der Waals surface area contributed by atoms with Gasteiger partial charge in [0.1, 0.15) is 5.75 Å². The molecule has 0 aliphatic carbocycles. The lowest BCUT2D eigenvalue weighted by Gasteiger charge is -2.28. The number of carbonyl (C=O) groups is 2. The number of ether oxygens (including phenoxy) is 1. The second kappa shape index (κ2) is 7.19. The number of benzene rings is 1. The molecule has 1 amide bonds. The zero-order valence-corrected chi connectivity index (χ0v) is 16.7. The molecule has 6 heteroatoms. The number of nitrogens with zero attached hydrogens (tertiary/aromatic N) is 1. The van der Waals surface area contributed by atoms with E-state index in [9.17, 15) is 14.7 Å². The first-order chi connectivity index (χ1) is 12.7. The highest BCUT2D eigenvalue weighted by molar-refractivity contribution is 7.10. The van der Waals surface area contributed by atoms with Crippen LogP contribution in [0.25, 0.3) is 0 Å². The molecule has 1 unspecified atom stereocenters. The Labute approximate surface area is 162 Å².